The molecule has 90 heavy (non-hydrogen) atoms. The van der Waals surface area contributed by atoms with Gasteiger partial charge in [-0.05, 0) is 81.0 Å². The van der Waals surface area contributed by atoms with Crippen molar-refractivity contribution in [3.05, 3.63) is 302 Å². The molecule has 16 heteroatoms. The van der Waals surface area contributed by atoms with Crippen LogP contribution in [0.2, 0.25) is 0 Å². The van der Waals surface area contributed by atoms with Crippen LogP contribution in [0.5, 0.6) is 0 Å². The van der Waals surface area contributed by atoms with Crippen LogP contribution in [-0.2, 0) is 32.2 Å². The highest BCUT2D eigenvalue weighted by Crippen LogP contribution is 2.43. The Bertz CT molecular complexity index is 4530. The van der Waals surface area contributed by atoms with Crippen molar-refractivity contribution >= 4 is 75.6 Å². The number of aromatic nitrogens is 8. The van der Waals surface area contributed by atoms with Gasteiger partial charge in [0.05, 0.1) is 14.2 Å². The van der Waals surface area contributed by atoms with Crippen molar-refractivity contribution in [3.63, 3.8) is 0 Å². The van der Waals surface area contributed by atoms with E-state index < -0.39 is 12.9 Å². The summed E-state index contributed by atoms with van der Waals surface area (Å²) in [6, 6.07) is 79.0. The molecule has 6 aromatic heterocycles. The van der Waals surface area contributed by atoms with E-state index in [0.717, 1.165) is 83.6 Å². The molecule has 0 saturated heterocycles. The predicted octanol–water partition coefficient (Wildman–Crippen LogP) is 13.1. The fourth-order valence-electron chi connectivity index (χ4n) is 10.2. The molecule has 0 radical (unpaired) electrons. The standard InChI is InChI=1S/C28H23N5O2.C25H19N5O.C21H19O2P/c1-35-25(34)13-12-21-16-23(19-29-17-21)27-31-28(30-18-20-8-4-2-5-9-20)26-24(14-15-33(26)32-27)22-10-6-3-7-11-22;31-17-19-13-21(16-26-14-19)24-28-25(27-15-18-7-3-1-4-8-18)23-22(11-12-30(23)29-24)20-9-5-2-6-10-20;1-23-21(22)17-24(18-11-5-2-6-12-18,19-13-7-3-8-14-19)20-15-9-4-10-16-20/h2-17,19H,18H2,1H3,(H,30,31,32);1-14,16-17H,15H2,(H,27,28,29);2-17H,1H3/b13-12+;;. The largest absolute Gasteiger partial charge is 0.466 e. The van der Waals surface area contributed by atoms with Crippen molar-refractivity contribution in [2.75, 3.05) is 24.9 Å². The van der Waals surface area contributed by atoms with Crippen molar-refractivity contribution in [2.24, 2.45) is 0 Å². The first-order valence-electron chi connectivity index (χ1n) is 28.9. The van der Waals surface area contributed by atoms with E-state index in [4.69, 9.17) is 24.9 Å². The Morgan fingerprint density at radius 2 is 0.833 bits per heavy atom. The van der Waals surface area contributed by atoms with Crippen LogP contribution >= 0.6 is 6.89 Å². The number of nitrogens with zero attached hydrogens (tertiary/aromatic N) is 8. The number of carbonyl (C=O) groups is 3. The van der Waals surface area contributed by atoms with Gasteiger partial charge in [-0.2, -0.15) is 0 Å². The van der Waals surface area contributed by atoms with Gasteiger partial charge in [-0.3, -0.25) is 14.8 Å². The maximum Gasteiger partial charge on any atom is 0.331 e. The molecule has 0 amide bonds. The maximum atomic E-state index is 12.3. The fourth-order valence-corrected chi connectivity index (χ4v) is 13.9. The lowest BCUT2D eigenvalue weighted by molar-refractivity contribution is -0.135. The lowest BCUT2D eigenvalue weighted by atomic mass is 10.1. The minimum absolute atomic E-state index is 0.306. The van der Waals surface area contributed by atoms with E-state index in [1.54, 1.807) is 36.5 Å². The number of esters is 2. The highest BCUT2D eigenvalue weighted by molar-refractivity contribution is 7.95. The lowest BCUT2D eigenvalue weighted by Crippen LogP contribution is -2.28. The molecular weight excluding hydrogens is 1140 g/mol. The van der Waals surface area contributed by atoms with Gasteiger partial charge in [0.15, 0.2) is 29.6 Å². The number of pyridine rings is 2. The van der Waals surface area contributed by atoms with Crippen molar-refractivity contribution in [2.45, 2.75) is 13.1 Å². The van der Waals surface area contributed by atoms with E-state index in [9.17, 15) is 14.4 Å². The van der Waals surface area contributed by atoms with E-state index in [-0.39, 0.29) is 5.97 Å². The second-order valence-electron chi connectivity index (χ2n) is 20.4. The molecular formula is C74H61N10O5P. The maximum absolute atomic E-state index is 12.3. The van der Waals surface area contributed by atoms with Gasteiger partial charge in [-0.25, -0.2) is 28.6 Å². The van der Waals surface area contributed by atoms with E-state index in [2.05, 4.69) is 110 Å². The van der Waals surface area contributed by atoms with Gasteiger partial charge in [0, 0.05) is 90.0 Å². The number of rotatable bonds is 17. The van der Waals surface area contributed by atoms with Crippen molar-refractivity contribution in [1.29, 1.82) is 0 Å². The van der Waals surface area contributed by atoms with Gasteiger partial charge in [-0.15, -0.1) is 10.2 Å². The topological polar surface area (TPSA) is 180 Å². The number of ether oxygens (including phenoxy) is 2. The summed E-state index contributed by atoms with van der Waals surface area (Å²) in [4.78, 5) is 53.1. The number of methoxy groups -OCH3 is 2. The van der Waals surface area contributed by atoms with Crippen molar-refractivity contribution in [1.82, 2.24) is 39.2 Å². The molecule has 0 aliphatic heterocycles. The molecule has 13 rings (SSSR count). The highest BCUT2D eigenvalue weighted by atomic mass is 31.2. The molecule has 0 saturated carbocycles. The van der Waals surface area contributed by atoms with E-state index in [1.165, 1.54) is 26.5 Å². The number of hydrogen-bond donors (Lipinski definition) is 2. The predicted molar refractivity (Wildman–Crippen MR) is 361 cm³/mol. The first kappa shape index (κ1) is 60.0. The monoisotopic (exact) mass is 1200 g/mol. The summed E-state index contributed by atoms with van der Waals surface area (Å²) in [7, 11) is 2.77. The molecule has 6 heterocycles. The lowest BCUT2D eigenvalue weighted by Gasteiger charge is -2.28. The minimum Gasteiger partial charge on any atom is -0.466 e. The summed E-state index contributed by atoms with van der Waals surface area (Å²) in [6.07, 6.45) is 14.2. The summed E-state index contributed by atoms with van der Waals surface area (Å²) in [6.45, 7) is -0.984. The molecule has 0 bridgehead atoms. The minimum atomic E-state index is -2.23. The highest BCUT2D eigenvalue weighted by Gasteiger charge is 2.27. The Kier molecular flexibility index (Phi) is 19.4. The zero-order chi connectivity index (χ0) is 61.9. The summed E-state index contributed by atoms with van der Waals surface area (Å²) in [5, 5.41) is 19.8. The SMILES string of the molecule is COC(=O)/C=C/c1cncc(-c2nc(NCc3ccccc3)c3c(-c4ccccc4)ccn3n2)c1.COC(=O)C=P(c1ccccc1)(c1ccccc1)c1ccccc1.O=Cc1cncc(-c2nc(NCc3ccccc3)c3c(-c4ccccc4)ccn3n2)c1. The molecule has 7 aromatic carbocycles. The average Bonchev–Trinajstić information content (AvgIpc) is 1.34. The number of nitrogens with one attached hydrogen (secondary N) is 2. The van der Waals surface area contributed by atoms with Gasteiger partial charge in [-0.1, -0.05) is 212 Å². The number of aldehydes is 1. The van der Waals surface area contributed by atoms with Crippen LogP contribution < -0.4 is 26.5 Å². The van der Waals surface area contributed by atoms with Crippen molar-refractivity contribution in [3.8, 4) is 45.0 Å². The molecule has 442 valence electrons. The third-order valence-electron chi connectivity index (χ3n) is 14.6. The molecule has 0 atom stereocenters. The number of hydrogen-bond acceptors (Lipinski definition) is 13. The molecule has 0 aliphatic rings. The van der Waals surface area contributed by atoms with Gasteiger partial charge >= 0.3 is 11.9 Å². The molecule has 13 aromatic rings. The summed E-state index contributed by atoms with van der Waals surface area (Å²) in [5.74, 6) is 3.49. The Hall–Kier alpha value is -11.7. The fraction of sp³-hybridized carbons (Fsp3) is 0.0541. The van der Waals surface area contributed by atoms with Crippen LogP contribution in [0.1, 0.15) is 27.0 Å². The Balaban J connectivity index is 0.000000141. The number of carbonyl (C=O) groups excluding carboxylic acids is 3. The second-order valence-corrected chi connectivity index (χ2v) is 23.6. The summed E-state index contributed by atoms with van der Waals surface area (Å²) >= 11 is 0. The Morgan fingerprint density at radius 3 is 1.23 bits per heavy atom. The summed E-state index contributed by atoms with van der Waals surface area (Å²) in [5.41, 5.74) is 11.0. The average molecular weight is 1200 g/mol. The van der Waals surface area contributed by atoms with E-state index in [0.29, 0.717) is 41.7 Å². The molecule has 0 spiro atoms. The normalized spacial score (nSPS) is 11.0. The van der Waals surface area contributed by atoms with Crippen LogP contribution in [0.25, 0.3) is 62.1 Å². The van der Waals surface area contributed by atoms with E-state index >= 15 is 0 Å². The second kappa shape index (κ2) is 29.1. The van der Waals surface area contributed by atoms with Gasteiger partial charge in [0.25, 0.3) is 0 Å². The van der Waals surface area contributed by atoms with Crippen molar-refractivity contribution < 1.29 is 23.9 Å². The molecule has 15 nitrogen and oxygen atoms in total. The van der Waals surface area contributed by atoms with Crippen LogP contribution in [0.4, 0.5) is 11.6 Å². The van der Waals surface area contributed by atoms with E-state index in [1.807, 2.05) is 167 Å². The third kappa shape index (κ3) is 14.3. The zero-order valence-electron chi connectivity index (χ0n) is 49.3. The first-order valence-corrected chi connectivity index (χ1v) is 30.7. The Morgan fingerprint density at radius 1 is 0.456 bits per heavy atom. The van der Waals surface area contributed by atoms with Crippen LogP contribution in [0.15, 0.2) is 280 Å². The summed E-state index contributed by atoms with van der Waals surface area (Å²) < 4.78 is 13.3. The van der Waals surface area contributed by atoms with Gasteiger partial charge in [0.2, 0.25) is 0 Å². The number of anilines is 2. The molecule has 0 fully saturated rings. The Labute approximate surface area is 521 Å². The first-order chi connectivity index (χ1) is 44.3. The van der Waals surface area contributed by atoms with Crippen LogP contribution in [-0.4, -0.2) is 77.4 Å². The third-order valence-corrected chi connectivity index (χ3v) is 18.5. The zero-order valence-corrected chi connectivity index (χ0v) is 50.2. The van der Waals surface area contributed by atoms with Gasteiger partial charge < -0.3 is 20.1 Å². The molecule has 0 unspecified atom stereocenters. The number of benzene rings is 7. The quantitative estimate of drug-likeness (QED) is 0.0381. The van der Waals surface area contributed by atoms with Crippen LogP contribution in [0.3, 0.4) is 0 Å². The molecule has 2 N–H and O–H groups in total. The van der Waals surface area contributed by atoms with Gasteiger partial charge in [0.1, 0.15) is 11.0 Å². The van der Waals surface area contributed by atoms with Crippen LogP contribution in [0, 0.1) is 0 Å². The molecule has 0 aliphatic carbocycles. The smallest absolute Gasteiger partial charge is 0.331 e. The number of fused-ring (bicyclic) bond motifs is 2.